The summed E-state index contributed by atoms with van der Waals surface area (Å²) in [6, 6.07) is 12.5. The maximum absolute atomic E-state index is 12.5. The second kappa shape index (κ2) is 7.48. The summed E-state index contributed by atoms with van der Waals surface area (Å²) in [7, 11) is -1.94. The number of methoxy groups -OCH3 is 1. The second-order valence-corrected chi connectivity index (χ2v) is 7.02. The molecule has 5 nitrogen and oxygen atoms in total. The molecule has 0 spiro atoms. The molecule has 0 aliphatic rings. The minimum absolute atomic E-state index is 0.305. The van der Waals surface area contributed by atoms with E-state index in [1.807, 2.05) is 31.2 Å². The van der Waals surface area contributed by atoms with Gasteiger partial charge in [-0.3, -0.25) is 4.72 Å². The number of hydrogen-bond donors (Lipinski definition) is 2. The van der Waals surface area contributed by atoms with Gasteiger partial charge in [-0.15, -0.1) is 0 Å². The van der Waals surface area contributed by atoms with Gasteiger partial charge in [-0.1, -0.05) is 12.1 Å². The zero-order chi connectivity index (χ0) is 16.9. The number of ether oxygens (including phenoxy) is 1. The van der Waals surface area contributed by atoms with Crippen LogP contribution >= 0.6 is 0 Å². The fourth-order valence-corrected chi connectivity index (χ4v) is 3.55. The molecule has 0 radical (unpaired) electrons. The van der Waals surface area contributed by atoms with Crippen molar-refractivity contribution in [2.45, 2.75) is 18.7 Å². The number of rotatable bonds is 7. The first-order valence-corrected chi connectivity index (χ1v) is 8.83. The summed E-state index contributed by atoms with van der Waals surface area (Å²) in [5.74, 6) is 0. The molecule has 124 valence electrons. The molecule has 6 heteroatoms. The summed E-state index contributed by atoms with van der Waals surface area (Å²) in [5, 5.41) is 3.18. The summed E-state index contributed by atoms with van der Waals surface area (Å²) in [6.45, 7) is 4.97. The van der Waals surface area contributed by atoms with Crippen LogP contribution in [0.4, 0.5) is 11.4 Å². The van der Waals surface area contributed by atoms with Crippen LogP contribution in [0.25, 0.3) is 0 Å². The number of benzene rings is 2. The van der Waals surface area contributed by atoms with E-state index in [1.54, 1.807) is 32.2 Å². The predicted molar refractivity (Wildman–Crippen MR) is 93.5 cm³/mol. The van der Waals surface area contributed by atoms with E-state index in [-0.39, 0.29) is 0 Å². The Hall–Kier alpha value is -2.05. The van der Waals surface area contributed by atoms with Crippen molar-refractivity contribution in [3.05, 3.63) is 53.6 Å². The maximum Gasteiger partial charge on any atom is 0.262 e. The normalized spacial score (nSPS) is 11.3. The van der Waals surface area contributed by atoms with Gasteiger partial charge in [0.25, 0.3) is 10.0 Å². The smallest absolute Gasteiger partial charge is 0.262 e. The summed E-state index contributed by atoms with van der Waals surface area (Å²) >= 11 is 0. The summed E-state index contributed by atoms with van der Waals surface area (Å²) in [5.41, 5.74) is 3.08. The van der Waals surface area contributed by atoms with Gasteiger partial charge >= 0.3 is 0 Å². The SMILES string of the molecule is COCCNc1ccc(NS(=O)(=O)c2cc(C)ccc2C)cc1. The van der Waals surface area contributed by atoms with Gasteiger partial charge in [-0.2, -0.15) is 0 Å². The van der Waals surface area contributed by atoms with E-state index in [0.717, 1.165) is 16.8 Å². The Labute approximate surface area is 137 Å². The largest absolute Gasteiger partial charge is 0.383 e. The molecule has 0 heterocycles. The molecule has 0 atom stereocenters. The van der Waals surface area contributed by atoms with Crippen LogP contribution in [0.1, 0.15) is 11.1 Å². The van der Waals surface area contributed by atoms with Crippen LogP contribution in [-0.4, -0.2) is 28.7 Å². The van der Waals surface area contributed by atoms with E-state index in [0.29, 0.717) is 23.7 Å². The van der Waals surface area contributed by atoms with Crippen molar-refractivity contribution in [2.24, 2.45) is 0 Å². The Kier molecular flexibility index (Phi) is 5.63. The molecule has 2 aromatic rings. The molecule has 0 saturated heterocycles. The van der Waals surface area contributed by atoms with Gasteiger partial charge in [0.15, 0.2) is 0 Å². The number of nitrogens with one attached hydrogen (secondary N) is 2. The first-order chi connectivity index (χ1) is 10.9. The van der Waals surface area contributed by atoms with Crippen LogP contribution in [-0.2, 0) is 14.8 Å². The van der Waals surface area contributed by atoms with Crippen LogP contribution < -0.4 is 10.0 Å². The minimum atomic E-state index is -3.59. The van der Waals surface area contributed by atoms with E-state index in [2.05, 4.69) is 10.0 Å². The molecule has 23 heavy (non-hydrogen) atoms. The minimum Gasteiger partial charge on any atom is -0.383 e. The van der Waals surface area contributed by atoms with Gasteiger partial charge in [-0.25, -0.2) is 8.42 Å². The molecule has 0 bridgehead atoms. The quantitative estimate of drug-likeness (QED) is 0.763. The van der Waals surface area contributed by atoms with Gasteiger partial charge in [0.1, 0.15) is 0 Å². The Balaban J connectivity index is 2.13. The lowest BCUT2D eigenvalue weighted by atomic mass is 10.2. The van der Waals surface area contributed by atoms with Crippen molar-refractivity contribution in [3.8, 4) is 0 Å². The van der Waals surface area contributed by atoms with E-state index in [4.69, 9.17) is 4.74 Å². The van der Waals surface area contributed by atoms with Gasteiger partial charge < -0.3 is 10.1 Å². The molecular formula is C17H22N2O3S. The fourth-order valence-electron chi connectivity index (χ4n) is 2.16. The number of anilines is 2. The highest BCUT2D eigenvalue weighted by atomic mass is 32.2. The average molecular weight is 334 g/mol. The highest BCUT2D eigenvalue weighted by Gasteiger charge is 2.17. The Morgan fingerprint density at radius 3 is 2.30 bits per heavy atom. The molecule has 2 aromatic carbocycles. The molecular weight excluding hydrogens is 312 g/mol. The zero-order valence-corrected chi connectivity index (χ0v) is 14.4. The number of hydrogen-bond acceptors (Lipinski definition) is 4. The molecule has 0 amide bonds. The zero-order valence-electron chi connectivity index (χ0n) is 13.6. The van der Waals surface area contributed by atoms with Gasteiger partial charge in [0.05, 0.1) is 11.5 Å². The molecule has 0 aromatic heterocycles. The monoisotopic (exact) mass is 334 g/mol. The molecule has 2 N–H and O–H groups in total. The van der Waals surface area contributed by atoms with Crippen LogP contribution in [0.3, 0.4) is 0 Å². The average Bonchev–Trinajstić information content (AvgIpc) is 2.51. The molecule has 0 aliphatic heterocycles. The Morgan fingerprint density at radius 1 is 1.00 bits per heavy atom. The maximum atomic E-state index is 12.5. The van der Waals surface area contributed by atoms with Crippen molar-refractivity contribution in [1.82, 2.24) is 0 Å². The number of aryl methyl sites for hydroxylation is 2. The lowest BCUT2D eigenvalue weighted by Gasteiger charge is -2.12. The lowest BCUT2D eigenvalue weighted by molar-refractivity contribution is 0.211. The van der Waals surface area contributed by atoms with Crippen molar-refractivity contribution in [3.63, 3.8) is 0 Å². The van der Waals surface area contributed by atoms with E-state index >= 15 is 0 Å². The van der Waals surface area contributed by atoms with Gasteiger partial charge in [0.2, 0.25) is 0 Å². The highest BCUT2D eigenvalue weighted by molar-refractivity contribution is 7.92. The van der Waals surface area contributed by atoms with E-state index < -0.39 is 10.0 Å². The highest BCUT2D eigenvalue weighted by Crippen LogP contribution is 2.21. The molecule has 0 fully saturated rings. The van der Waals surface area contributed by atoms with E-state index in [1.165, 1.54) is 0 Å². The first kappa shape index (κ1) is 17.3. The third-order valence-corrected chi connectivity index (χ3v) is 4.93. The Bertz CT molecular complexity index is 756. The topological polar surface area (TPSA) is 67.4 Å². The molecule has 0 aliphatic carbocycles. The van der Waals surface area contributed by atoms with Crippen LogP contribution in [0.2, 0.25) is 0 Å². The predicted octanol–water partition coefficient (Wildman–Crippen LogP) is 3.16. The van der Waals surface area contributed by atoms with Crippen molar-refractivity contribution >= 4 is 21.4 Å². The van der Waals surface area contributed by atoms with Crippen LogP contribution in [0.15, 0.2) is 47.4 Å². The summed E-state index contributed by atoms with van der Waals surface area (Å²) in [4.78, 5) is 0.305. The molecule has 0 unspecified atom stereocenters. The first-order valence-electron chi connectivity index (χ1n) is 7.35. The van der Waals surface area contributed by atoms with Gasteiger partial charge in [0, 0.05) is 25.0 Å². The van der Waals surface area contributed by atoms with E-state index in [9.17, 15) is 8.42 Å². The van der Waals surface area contributed by atoms with Gasteiger partial charge in [-0.05, 0) is 55.3 Å². The lowest BCUT2D eigenvalue weighted by Crippen LogP contribution is -2.14. The summed E-state index contributed by atoms with van der Waals surface area (Å²) in [6.07, 6.45) is 0. The third kappa shape index (κ3) is 4.71. The van der Waals surface area contributed by atoms with Crippen molar-refractivity contribution in [2.75, 3.05) is 30.3 Å². The Morgan fingerprint density at radius 2 is 1.65 bits per heavy atom. The standard InChI is InChI=1S/C17H22N2O3S/c1-13-4-5-14(2)17(12-13)23(20,21)19-16-8-6-15(7-9-16)18-10-11-22-3/h4-9,12,18-19H,10-11H2,1-3H3. The van der Waals surface area contributed by atoms with Crippen LogP contribution in [0.5, 0.6) is 0 Å². The third-order valence-electron chi connectivity index (χ3n) is 3.41. The fraction of sp³-hybridized carbons (Fsp3) is 0.294. The molecule has 0 saturated carbocycles. The van der Waals surface area contributed by atoms with Crippen molar-refractivity contribution < 1.29 is 13.2 Å². The second-order valence-electron chi connectivity index (χ2n) is 5.37. The summed E-state index contributed by atoms with van der Waals surface area (Å²) < 4.78 is 32.6. The van der Waals surface area contributed by atoms with Crippen molar-refractivity contribution in [1.29, 1.82) is 0 Å². The number of sulfonamides is 1. The molecule has 2 rings (SSSR count). The van der Waals surface area contributed by atoms with Crippen LogP contribution in [0, 0.1) is 13.8 Å².